The number of aromatic carboxylic acids is 1. The van der Waals surface area contributed by atoms with Crippen molar-refractivity contribution in [2.45, 2.75) is 26.9 Å². The van der Waals surface area contributed by atoms with Gasteiger partial charge >= 0.3 is 5.97 Å². The van der Waals surface area contributed by atoms with Crippen LogP contribution in [-0.2, 0) is 13.0 Å². The Morgan fingerprint density at radius 3 is 2.84 bits per heavy atom. The zero-order valence-corrected chi connectivity index (χ0v) is 10.7. The van der Waals surface area contributed by atoms with Crippen molar-refractivity contribution in [2.24, 2.45) is 0 Å². The molecule has 2 rings (SSSR count). The number of hydrogen-bond donors (Lipinski definition) is 1. The van der Waals surface area contributed by atoms with Crippen LogP contribution in [0.2, 0.25) is 0 Å². The molecule has 0 aliphatic heterocycles. The van der Waals surface area contributed by atoms with Gasteiger partial charge in [-0.1, -0.05) is 12.1 Å². The molecule has 0 fully saturated rings. The SMILES string of the molecule is CCc1nc(COc2ccc(C(=O)O)c(C)c2)no1. The zero-order valence-electron chi connectivity index (χ0n) is 10.7. The number of nitrogens with zero attached hydrogens (tertiary/aromatic N) is 2. The van der Waals surface area contributed by atoms with Gasteiger partial charge in [-0.25, -0.2) is 4.79 Å². The van der Waals surface area contributed by atoms with Crippen molar-refractivity contribution in [2.75, 3.05) is 0 Å². The predicted octanol–water partition coefficient (Wildman–Crippen LogP) is 2.22. The van der Waals surface area contributed by atoms with Gasteiger partial charge < -0.3 is 14.4 Å². The summed E-state index contributed by atoms with van der Waals surface area (Å²) < 4.78 is 10.4. The van der Waals surface area contributed by atoms with Crippen molar-refractivity contribution in [3.8, 4) is 5.75 Å². The molecule has 6 nitrogen and oxygen atoms in total. The lowest BCUT2D eigenvalue weighted by molar-refractivity contribution is 0.0696. The molecule has 0 saturated heterocycles. The van der Waals surface area contributed by atoms with Crippen LogP contribution in [0.3, 0.4) is 0 Å². The minimum absolute atomic E-state index is 0.190. The van der Waals surface area contributed by atoms with Crippen LogP contribution in [0.15, 0.2) is 22.7 Å². The average molecular weight is 262 g/mol. The van der Waals surface area contributed by atoms with Gasteiger partial charge in [0.25, 0.3) is 0 Å². The van der Waals surface area contributed by atoms with Gasteiger partial charge in [-0.05, 0) is 30.7 Å². The molecule has 1 aromatic heterocycles. The Bertz CT molecular complexity index is 592. The van der Waals surface area contributed by atoms with E-state index in [-0.39, 0.29) is 12.2 Å². The highest BCUT2D eigenvalue weighted by molar-refractivity contribution is 5.89. The summed E-state index contributed by atoms with van der Waals surface area (Å²) in [5.41, 5.74) is 0.910. The van der Waals surface area contributed by atoms with Crippen LogP contribution < -0.4 is 4.74 Å². The fourth-order valence-corrected chi connectivity index (χ4v) is 1.61. The Labute approximate surface area is 110 Å². The van der Waals surface area contributed by atoms with Gasteiger partial charge in [0.2, 0.25) is 11.7 Å². The van der Waals surface area contributed by atoms with Crippen molar-refractivity contribution >= 4 is 5.97 Å². The molecule has 1 aromatic carbocycles. The Balaban J connectivity index is 2.03. The van der Waals surface area contributed by atoms with E-state index in [1.807, 2.05) is 6.92 Å². The van der Waals surface area contributed by atoms with Crippen LogP contribution in [-0.4, -0.2) is 21.2 Å². The summed E-state index contributed by atoms with van der Waals surface area (Å²) in [4.78, 5) is 15.0. The van der Waals surface area contributed by atoms with Crippen molar-refractivity contribution in [1.29, 1.82) is 0 Å². The van der Waals surface area contributed by atoms with E-state index >= 15 is 0 Å². The van der Waals surface area contributed by atoms with Gasteiger partial charge in [-0.15, -0.1) is 0 Å². The van der Waals surface area contributed by atoms with Gasteiger partial charge in [0, 0.05) is 6.42 Å². The topological polar surface area (TPSA) is 85.5 Å². The number of hydrogen-bond acceptors (Lipinski definition) is 5. The van der Waals surface area contributed by atoms with Gasteiger partial charge in [-0.3, -0.25) is 0 Å². The van der Waals surface area contributed by atoms with E-state index in [0.717, 1.165) is 0 Å². The highest BCUT2D eigenvalue weighted by atomic mass is 16.5. The van der Waals surface area contributed by atoms with Crippen LogP contribution in [0, 0.1) is 6.92 Å². The fourth-order valence-electron chi connectivity index (χ4n) is 1.61. The maximum absolute atomic E-state index is 10.9. The van der Waals surface area contributed by atoms with E-state index in [0.29, 0.717) is 29.4 Å². The third-order valence-corrected chi connectivity index (χ3v) is 2.61. The summed E-state index contributed by atoms with van der Waals surface area (Å²) >= 11 is 0. The number of carboxylic acids is 1. The quantitative estimate of drug-likeness (QED) is 0.889. The molecule has 0 aliphatic rings. The predicted molar refractivity (Wildman–Crippen MR) is 66.1 cm³/mol. The first kappa shape index (κ1) is 13.1. The molecule has 100 valence electrons. The molecule has 0 spiro atoms. The number of carbonyl (C=O) groups is 1. The summed E-state index contributed by atoms with van der Waals surface area (Å²) in [7, 11) is 0. The molecule has 2 aromatic rings. The Morgan fingerprint density at radius 2 is 2.26 bits per heavy atom. The summed E-state index contributed by atoms with van der Waals surface area (Å²) in [5.74, 6) is 0.660. The van der Waals surface area contributed by atoms with Crippen LogP contribution in [0.5, 0.6) is 5.75 Å². The fraction of sp³-hybridized carbons (Fsp3) is 0.308. The van der Waals surface area contributed by atoms with E-state index in [1.54, 1.807) is 19.1 Å². The highest BCUT2D eigenvalue weighted by Gasteiger charge is 2.09. The van der Waals surface area contributed by atoms with E-state index < -0.39 is 5.97 Å². The van der Waals surface area contributed by atoms with Gasteiger partial charge in [0.1, 0.15) is 5.75 Å². The summed E-state index contributed by atoms with van der Waals surface area (Å²) in [6.45, 7) is 3.83. The summed E-state index contributed by atoms with van der Waals surface area (Å²) in [6, 6.07) is 4.79. The summed E-state index contributed by atoms with van der Waals surface area (Å²) in [6.07, 6.45) is 0.680. The smallest absolute Gasteiger partial charge is 0.335 e. The second-order valence-corrected chi connectivity index (χ2v) is 4.03. The third-order valence-electron chi connectivity index (χ3n) is 2.61. The number of aryl methyl sites for hydroxylation is 2. The highest BCUT2D eigenvalue weighted by Crippen LogP contribution is 2.18. The number of aromatic nitrogens is 2. The monoisotopic (exact) mass is 262 g/mol. The Morgan fingerprint density at radius 1 is 1.47 bits per heavy atom. The maximum atomic E-state index is 10.9. The van der Waals surface area contributed by atoms with Crippen LogP contribution in [0.4, 0.5) is 0 Å². The van der Waals surface area contributed by atoms with E-state index in [4.69, 9.17) is 14.4 Å². The average Bonchev–Trinajstić information content (AvgIpc) is 2.84. The van der Waals surface area contributed by atoms with Gasteiger partial charge in [-0.2, -0.15) is 4.98 Å². The van der Waals surface area contributed by atoms with Gasteiger partial charge in [0.15, 0.2) is 6.61 Å². The molecule has 6 heteroatoms. The second-order valence-electron chi connectivity index (χ2n) is 4.03. The van der Waals surface area contributed by atoms with Gasteiger partial charge in [0.05, 0.1) is 5.56 Å². The van der Waals surface area contributed by atoms with E-state index in [1.165, 1.54) is 6.07 Å². The summed E-state index contributed by atoms with van der Waals surface area (Å²) in [5, 5.41) is 12.7. The maximum Gasteiger partial charge on any atom is 0.335 e. The first-order valence-electron chi connectivity index (χ1n) is 5.88. The first-order chi connectivity index (χ1) is 9.10. The first-order valence-corrected chi connectivity index (χ1v) is 5.88. The largest absolute Gasteiger partial charge is 0.485 e. The number of carboxylic acid groups (broad SMARTS) is 1. The third kappa shape index (κ3) is 3.09. The van der Waals surface area contributed by atoms with Crippen molar-refractivity contribution in [3.63, 3.8) is 0 Å². The number of benzene rings is 1. The molecule has 1 heterocycles. The molecule has 0 aliphatic carbocycles. The number of rotatable bonds is 5. The van der Waals surface area contributed by atoms with E-state index in [9.17, 15) is 4.79 Å². The second kappa shape index (κ2) is 5.51. The van der Waals surface area contributed by atoms with Crippen molar-refractivity contribution in [3.05, 3.63) is 41.0 Å². The normalized spacial score (nSPS) is 10.4. The van der Waals surface area contributed by atoms with Crippen LogP contribution in [0.25, 0.3) is 0 Å². The Hall–Kier alpha value is -2.37. The molecule has 0 bridgehead atoms. The molecule has 0 amide bonds. The molecule has 0 radical (unpaired) electrons. The van der Waals surface area contributed by atoms with Crippen LogP contribution >= 0.6 is 0 Å². The Kier molecular flexibility index (Phi) is 3.79. The lowest BCUT2D eigenvalue weighted by Crippen LogP contribution is -2.02. The van der Waals surface area contributed by atoms with Crippen LogP contribution in [0.1, 0.15) is 34.6 Å². The van der Waals surface area contributed by atoms with Crippen molar-refractivity contribution in [1.82, 2.24) is 10.1 Å². The lowest BCUT2D eigenvalue weighted by Gasteiger charge is -2.06. The molecule has 0 saturated carbocycles. The number of ether oxygens (including phenoxy) is 1. The molecule has 0 unspecified atom stereocenters. The standard InChI is InChI=1S/C13H14N2O4/c1-3-12-14-11(15-19-12)7-18-9-4-5-10(13(16)17)8(2)6-9/h4-6H,3,7H2,1-2H3,(H,16,17). The zero-order chi connectivity index (χ0) is 13.8. The lowest BCUT2D eigenvalue weighted by atomic mass is 10.1. The van der Waals surface area contributed by atoms with Crippen molar-refractivity contribution < 1.29 is 19.2 Å². The molecule has 0 atom stereocenters. The molecular weight excluding hydrogens is 248 g/mol. The minimum atomic E-state index is -0.949. The van der Waals surface area contributed by atoms with E-state index in [2.05, 4.69) is 10.1 Å². The molecule has 1 N–H and O–H groups in total. The molecule has 19 heavy (non-hydrogen) atoms. The molecular formula is C13H14N2O4. The minimum Gasteiger partial charge on any atom is -0.485 e.